The fourth-order valence-corrected chi connectivity index (χ4v) is 3.99. The van der Waals surface area contributed by atoms with Gasteiger partial charge in [0.2, 0.25) is 10.0 Å². The summed E-state index contributed by atoms with van der Waals surface area (Å²) < 4.78 is 28.0. The molecule has 0 bridgehead atoms. The van der Waals surface area contributed by atoms with Crippen molar-refractivity contribution in [2.75, 3.05) is 0 Å². The maximum atomic E-state index is 12.3. The van der Waals surface area contributed by atoms with Gasteiger partial charge in [0.05, 0.1) is 4.90 Å². The third-order valence-corrected chi connectivity index (χ3v) is 4.85. The summed E-state index contributed by atoms with van der Waals surface area (Å²) in [5, 5.41) is 0. The van der Waals surface area contributed by atoms with Crippen molar-refractivity contribution >= 4 is 26.0 Å². The molecular formula is C13H20BrNO2S. The molecule has 0 fully saturated rings. The van der Waals surface area contributed by atoms with Gasteiger partial charge >= 0.3 is 0 Å². The molecule has 1 N–H and O–H groups in total. The number of aryl methyl sites for hydroxylation is 1. The lowest BCUT2D eigenvalue weighted by atomic mass is 10.1. The Kier molecular flexibility index (Phi) is 5.37. The highest BCUT2D eigenvalue weighted by molar-refractivity contribution is 9.10. The molecule has 1 unspecified atom stereocenters. The Morgan fingerprint density at radius 3 is 2.44 bits per heavy atom. The third-order valence-electron chi connectivity index (χ3n) is 2.62. The largest absolute Gasteiger partial charge is 0.241 e. The van der Waals surface area contributed by atoms with E-state index in [1.54, 1.807) is 19.1 Å². The first kappa shape index (κ1) is 15.7. The first-order chi connectivity index (χ1) is 8.22. The topological polar surface area (TPSA) is 46.2 Å². The fraction of sp³-hybridized carbons (Fsp3) is 0.538. The van der Waals surface area contributed by atoms with Crippen LogP contribution in [0.15, 0.2) is 27.6 Å². The molecule has 0 spiro atoms. The molecule has 0 radical (unpaired) electrons. The number of benzene rings is 1. The lowest BCUT2D eigenvalue weighted by Crippen LogP contribution is -2.33. The summed E-state index contributed by atoms with van der Waals surface area (Å²) in [6, 6.07) is 5.21. The van der Waals surface area contributed by atoms with Crippen LogP contribution < -0.4 is 4.72 Å². The molecule has 102 valence electrons. The van der Waals surface area contributed by atoms with Crippen molar-refractivity contribution in [3.05, 3.63) is 28.2 Å². The van der Waals surface area contributed by atoms with Crippen LogP contribution in [0.1, 0.15) is 32.8 Å². The van der Waals surface area contributed by atoms with Crippen LogP contribution >= 0.6 is 15.9 Å². The van der Waals surface area contributed by atoms with Gasteiger partial charge in [-0.15, -0.1) is 0 Å². The van der Waals surface area contributed by atoms with Gasteiger partial charge in [-0.05, 0) is 43.9 Å². The van der Waals surface area contributed by atoms with Gasteiger partial charge in [0, 0.05) is 10.5 Å². The summed E-state index contributed by atoms with van der Waals surface area (Å²) in [6.07, 6.45) is 0.826. The second kappa shape index (κ2) is 6.17. The highest BCUT2D eigenvalue weighted by Gasteiger charge is 2.20. The van der Waals surface area contributed by atoms with Crippen LogP contribution in [0.3, 0.4) is 0 Å². The minimum Gasteiger partial charge on any atom is -0.208 e. The van der Waals surface area contributed by atoms with Crippen molar-refractivity contribution in [2.24, 2.45) is 5.92 Å². The molecule has 0 aliphatic carbocycles. The number of halogens is 1. The first-order valence-corrected chi connectivity index (χ1v) is 8.28. The molecule has 18 heavy (non-hydrogen) atoms. The highest BCUT2D eigenvalue weighted by Crippen LogP contribution is 2.21. The van der Waals surface area contributed by atoms with E-state index in [1.165, 1.54) is 0 Å². The lowest BCUT2D eigenvalue weighted by Gasteiger charge is -2.17. The van der Waals surface area contributed by atoms with E-state index in [0.29, 0.717) is 10.8 Å². The number of rotatable bonds is 5. The normalized spacial score (nSPS) is 13.9. The molecule has 0 aliphatic rings. The Morgan fingerprint density at radius 1 is 1.28 bits per heavy atom. The molecule has 0 heterocycles. The molecule has 3 nitrogen and oxygen atoms in total. The Hall–Kier alpha value is -0.390. The molecule has 1 aromatic carbocycles. The van der Waals surface area contributed by atoms with E-state index in [4.69, 9.17) is 0 Å². The van der Waals surface area contributed by atoms with Gasteiger partial charge < -0.3 is 0 Å². The van der Waals surface area contributed by atoms with Crippen LogP contribution in [0, 0.1) is 12.8 Å². The second-order valence-corrected chi connectivity index (χ2v) is 7.66. The lowest BCUT2D eigenvalue weighted by molar-refractivity contribution is 0.482. The monoisotopic (exact) mass is 333 g/mol. The van der Waals surface area contributed by atoms with E-state index < -0.39 is 10.0 Å². The maximum absolute atomic E-state index is 12.3. The molecule has 0 aromatic heterocycles. The molecule has 5 heteroatoms. The highest BCUT2D eigenvalue weighted by atomic mass is 79.9. The zero-order valence-corrected chi connectivity index (χ0v) is 13.6. The van der Waals surface area contributed by atoms with E-state index >= 15 is 0 Å². The molecule has 0 saturated heterocycles. The summed E-state index contributed by atoms with van der Waals surface area (Å²) >= 11 is 3.30. The van der Waals surface area contributed by atoms with Gasteiger partial charge in [-0.2, -0.15) is 0 Å². The van der Waals surface area contributed by atoms with E-state index in [2.05, 4.69) is 34.5 Å². The predicted octanol–water partition coefficient (Wildman–Crippen LogP) is 3.47. The van der Waals surface area contributed by atoms with E-state index in [1.807, 2.05) is 13.0 Å². The SMILES string of the molecule is Cc1ccc(Br)cc1S(=O)(=O)NC(C)CC(C)C. The first-order valence-electron chi connectivity index (χ1n) is 6.01. The Balaban J connectivity index is 2.96. The van der Waals surface area contributed by atoms with Crippen LogP contribution in [-0.2, 0) is 10.0 Å². The fourth-order valence-electron chi connectivity index (χ4n) is 1.95. The quantitative estimate of drug-likeness (QED) is 0.896. The zero-order valence-electron chi connectivity index (χ0n) is 11.2. The number of hydrogen-bond donors (Lipinski definition) is 1. The van der Waals surface area contributed by atoms with Gasteiger partial charge in [-0.1, -0.05) is 35.8 Å². The summed E-state index contributed by atoms with van der Waals surface area (Å²) in [6.45, 7) is 7.85. The van der Waals surface area contributed by atoms with Gasteiger partial charge in [0.1, 0.15) is 0 Å². The summed E-state index contributed by atoms with van der Waals surface area (Å²) in [5.74, 6) is 0.464. The van der Waals surface area contributed by atoms with Crippen molar-refractivity contribution in [3.63, 3.8) is 0 Å². The van der Waals surface area contributed by atoms with E-state index in [0.717, 1.165) is 16.5 Å². The summed E-state index contributed by atoms with van der Waals surface area (Å²) in [5.41, 5.74) is 0.752. The smallest absolute Gasteiger partial charge is 0.208 e. The zero-order chi connectivity index (χ0) is 13.9. The van der Waals surface area contributed by atoms with Crippen molar-refractivity contribution in [3.8, 4) is 0 Å². The van der Waals surface area contributed by atoms with Gasteiger partial charge in [-0.3, -0.25) is 0 Å². The Labute approximate surface area is 118 Å². The second-order valence-electron chi connectivity index (χ2n) is 5.06. The maximum Gasteiger partial charge on any atom is 0.241 e. The van der Waals surface area contributed by atoms with E-state index in [9.17, 15) is 8.42 Å². The molecule has 1 aromatic rings. The van der Waals surface area contributed by atoms with Crippen LogP contribution in [0.5, 0.6) is 0 Å². The minimum atomic E-state index is -3.44. The van der Waals surface area contributed by atoms with Crippen LogP contribution in [0.4, 0.5) is 0 Å². The number of sulfonamides is 1. The van der Waals surface area contributed by atoms with Crippen LogP contribution in [0.2, 0.25) is 0 Å². The predicted molar refractivity (Wildman–Crippen MR) is 78.1 cm³/mol. The average Bonchev–Trinajstić information content (AvgIpc) is 2.19. The van der Waals surface area contributed by atoms with Gasteiger partial charge in [0.15, 0.2) is 0 Å². The van der Waals surface area contributed by atoms with Crippen molar-refractivity contribution in [2.45, 2.75) is 45.1 Å². The number of hydrogen-bond acceptors (Lipinski definition) is 2. The van der Waals surface area contributed by atoms with Crippen molar-refractivity contribution in [1.82, 2.24) is 4.72 Å². The molecule has 1 atom stereocenters. The van der Waals surface area contributed by atoms with Gasteiger partial charge in [0.25, 0.3) is 0 Å². The Bertz CT molecular complexity index is 512. The standard InChI is InChI=1S/C13H20BrNO2S/c1-9(2)7-11(4)15-18(16,17)13-8-12(14)6-5-10(13)3/h5-6,8-9,11,15H,7H2,1-4H3. The van der Waals surface area contributed by atoms with Gasteiger partial charge in [-0.25, -0.2) is 13.1 Å². The van der Waals surface area contributed by atoms with Crippen LogP contribution in [-0.4, -0.2) is 14.5 Å². The summed E-state index contributed by atoms with van der Waals surface area (Å²) in [7, 11) is -3.44. The molecule has 0 aliphatic heterocycles. The molecule has 0 saturated carbocycles. The number of nitrogens with one attached hydrogen (secondary N) is 1. The van der Waals surface area contributed by atoms with Crippen LogP contribution in [0.25, 0.3) is 0 Å². The van der Waals surface area contributed by atoms with Crippen molar-refractivity contribution < 1.29 is 8.42 Å². The minimum absolute atomic E-state index is 0.0617. The molecular weight excluding hydrogens is 314 g/mol. The molecule has 1 rings (SSSR count). The summed E-state index contributed by atoms with van der Waals surface area (Å²) in [4.78, 5) is 0.340. The van der Waals surface area contributed by atoms with E-state index in [-0.39, 0.29) is 6.04 Å². The Morgan fingerprint density at radius 2 is 1.89 bits per heavy atom. The third kappa shape index (κ3) is 4.37. The van der Waals surface area contributed by atoms with Crippen molar-refractivity contribution in [1.29, 1.82) is 0 Å². The average molecular weight is 334 g/mol. The molecule has 0 amide bonds.